The monoisotopic (exact) mass is 301 g/mol. The molecule has 0 aliphatic heterocycles. The van der Waals surface area contributed by atoms with Gasteiger partial charge in [0.05, 0.1) is 6.04 Å². The molecule has 1 aromatic rings. The maximum absolute atomic E-state index is 11.9. The molecular formula is C18H27N3O. The lowest BCUT2D eigenvalue weighted by Gasteiger charge is -2.37. The molecule has 1 amide bonds. The first-order valence-corrected chi connectivity index (χ1v) is 7.89. The number of fused-ring (bicyclic) bond motifs is 1. The van der Waals surface area contributed by atoms with Gasteiger partial charge in [-0.15, -0.1) is 6.58 Å². The Morgan fingerprint density at radius 3 is 2.77 bits per heavy atom. The molecule has 1 atom stereocenters. The minimum atomic E-state index is -0.0712. The van der Waals surface area contributed by atoms with Gasteiger partial charge in [0, 0.05) is 29.3 Å². The maximum Gasteiger partial charge on any atom is 0.224 e. The number of hydrogen-bond acceptors (Lipinski definition) is 3. The van der Waals surface area contributed by atoms with Crippen LogP contribution in [0, 0.1) is 5.41 Å². The largest absolute Gasteiger partial charge is 0.349 e. The molecule has 0 bridgehead atoms. The Kier molecular flexibility index (Phi) is 4.41. The van der Waals surface area contributed by atoms with Gasteiger partial charge in [0.2, 0.25) is 5.91 Å². The smallest absolute Gasteiger partial charge is 0.224 e. The average Bonchev–Trinajstić information content (AvgIpc) is 2.35. The number of nitrogens with zero attached hydrogens (tertiary/aromatic N) is 2. The highest BCUT2D eigenvalue weighted by molar-refractivity contribution is 5.77. The fraction of sp³-hybridized carbons (Fsp3) is 0.611. The third-order valence-electron chi connectivity index (χ3n) is 4.01. The molecule has 0 fully saturated rings. The Bertz CT molecular complexity index is 584. The maximum atomic E-state index is 11.9. The summed E-state index contributed by atoms with van der Waals surface area (Å²) < 4.78 is 0. The van der Waals surface area contributed by atoms with E-state index in [1.807, 2.05) is 6.20 Å². The molecule has 1 unspecified atom stereocenters. The van der Waals surface area contributed by atoms with Crippen molar-refractivity contribution in [2.75, 3.05) is 0 Å². The van der Waals surface area contributed by atoms with E-state index in [1.54, 1.807) is 6.08 Å². The predicted octanol–water partition coefficient (Wildman–Crippen LogP) is 3.48. The molecular weight excluding hydrogens is 274 g/mol. The molecule has 120 valence electrons. The standard InChI is InChI=1S/C18H27N3O/c1-7-8-15(22)20-13-9-18(5,6)10-14-12(13)11-19-16(21-14)17(2,3)4/h7,11,13H,1,8-10H2,2-6H3,(H,20,22). The summed E-state index contributed by atoms with van der Waals surface area (Å²) in [6.07, 6.45) is 5.69. The van der Waals surface area contributed by atoms with Crippen molar-refractivity contribution >= 4 is 5.91 Å². The van der Waals surface area contributed by atoms with Crippen molar-refractivity contribution in [1.29, 1.82) is 0 Å². The van der Waals surface area contributed by atoms with E-state index in [0.717, 1.165) is 29.9 Å². The van der Waals surface area contributed by atoms with Crippen LogP contribution >= 0.6 is 0 Å². The zero-order valence-electron chi connectivity index (χ0n) is 14.4. The van der Waals surface area contributed by atoms with E-state index in [9.17, 15) is 4.79 Å². The number of amides is 1. The lowest BCUT2D eigenvalue weighted by molar-refractivity contribution is -0.121. The van der Waals surface area contributed by atoms with Crippen molar-refractivity contribution in [3.8, 4) is 0 Å². The molecule has 0 saturated heterocycles. The van der Waals surface area contributed by atoms with E-state index in [4.69, 9.17) is 4.98 Å². The third-order valence-corrected chi connectivity index (χ3v) is 4.01. The topological polar surface area (TPSA) is 54.9 Å². The molecule has 1 aliphatic rings. The summed E-state index contributed by atoms with van der Waals surface area (Å²) in [5.74, 6) is 0.865. The summed E-state index contributed by atoms with van der Waals surface area (Å²) in [5, 5.41) is 3.10. The fourth-order valence-electron chi connectivity index (χ4n) is 2.92. The van der Waals surface area contributed by atoms with Gasteiger partial charge in [-0.25, -0.2) is 9.97 Å². The molecule has 22 heavy (non-hydrogen) atoms. The number of aromatic nitrogens is 2. The molecule has 2 rings (SSSR count). The lowest BCUT2D eigenvalue weighted by atomic mass is 9.74. The van der Waals surface area contributed by atoms with Gasteiger partial charge in [0.25, 0.3) is 0 Å². The van der Waals surface area contributed by atoms with Crippen molar-refractivity contribution in [2.24, 2.45) is 5.41 Å². The van der Waals surface area contributed by atoms with Gasteiger partial charge >= 0.3 is 0 Å². The Balaban J connectivity index is 2.36. The van der Waals surface area contributed by atoms with Gasteiger partial charge in [-0.3, -0.25) is 4.79 Å². The van der Waals surface area contributed by atoms with Crippen molar-refractivity contribution in [3.63, 3.8) is 0 Å². The first-order chi connectivity index (χ1) is 10.1. The van der Waals surface area contributed by atoms with Crippen LogP contribution in [-0.2, 0) is 16.6 Å². The Morgan fingerprint density at radius 2 is 2.18 bits per heavy atom. The van der Waals surface area contributed by atoms with E-state index in [1.165, 1.54) is 0 Å². The predicted molar refractivity (Wildman–Crippen MR) is 88.5 cm³/mol. The Labute approximate surface area is 133 Å². The van der Waals surface area contributed by atoms with Crippen molar-refractivity contribution < 1.29 is 4.79 Å². The van der Waals surface area contributed by atoms with Gasteiger partial charge in [-0.05, 0) is 18.3 Å². The second-order valence-corrected chi connectivity index (χ2v) is 8.00. The molecule has 4 heteroatoms. The number of carbonyl (C=O) groups excluding carboxylic acids is 1. The number of hydrogen-bond donors (Lipinski definition) is 1. The molecule has 0 aromatic carbocycles. The van der Waals surface area contributed by atoms with Gasteiger partial charge in [0.15, 0.2) is 0 Å². The van der Waals surface area contributed by atoms with Gasteiger partial charge in [0.1, 0.15) is 5.82 Å². The van der Waals surface area contributed by atoms with Crippen molar-refractivity contribution in [1.82, 2.24) is 15.3 Å². The summed E-state index contributed by atoms with van der Waals surface area (Å²) in [6.45, 7) is 14.4. The average molecular weight is 301 g/mol. The van der Waals surface area contributed by atoms with Crippen LogP contribution in [0.2, 0.25) is 0 Å². The fourth-order valence-corrected chi connectivity index (χ4v) is 2.92. The minimum Gasteiger partial charge on any atom is -0.349 e. The number of rotatable bonds is 3. The SMILES string of the molecule is C=CCC(=O)NC1CC(C)(C)Cc2nc(C(C)(C)C)ncc21. The van der Waals surface area contributed by atoms with Crippen LogP contribution in [0.4, 0.5) is 0 Å². The van der Waals surface area contributed by atoms with Crippen molar-refractivity contribution in [3.05, 3.63) is 35.9 Å². The molecule has 4 nitrogen and oxygen atoms in total. The van der Waals surface area contributed by atoms with Crippen LogP contribution in [-0.4, -0.2) is 15.9 Å². The first kappa shape index (κ1) is 16.7. The van der Waals surface area contributed by atoms with Crippen LogP contribution in [0.25, 0.3) is 0 Å². The number of carbonyl (C=O) groups is 1. The second-order valence-electron chi connectivity index (χ2n) is 8.00. The minimum absolute atomic E-state index is 0.00329. The Hall–Kier alpha value is -1.71. The van der Waals surface area contributed by atoms with Crippen LogP contribution < -0.4 is 5.32 Å². The quantitative estimate of drug-likeness (QED) is 0.870. The summed E-state index contributed by atoms with van der Waals surface area (Å²) in [4.78, 5) is 21.3. The molecule has 1 heterocycles. The molecule has 0 saturated carbocycles. The number of nitrogens with one attached hydrogen (secondary N) is 1. The van der Waals surface area contributed by atoms with Gasteiger partial charge in [-0.1, -0.05) is 40.7 Å². The normalized spacial score (nSPS) is 20.1. The first-order valence-electron chi connectivity index (χ1n) is 7.89. The summed E-state index contributed by atoms with van der Waals surface area (Å²) in [7, 11) is 0. The molecule has 1 N–H and O–H groups in total. The third kappa shape index (κ3) is 3.73. The lowest BCUT2D eigenvalue weighted by Crippen LogP contribution is -2.37. The van der Waals surface area contributed by atoms with E-state index in [2.05, 4.69) is 51.5 Å². The van der Waals surface area contributed by atoms with Gasteiger partial charge < -0.3 is 5.32 Å². The van der Waals surface area contributed by atoms with E-state index >= 15 is 0 Å². The van der Waals surface area contributed by atoms with E-state index in [-0.39, 0.29) is 22.8 Å². The molecule has 0 radical (unpaired) electrons. The summed E-state index contributed by atoms with van der Waals surface area (Å²) in [5.41, 5.74) is 2.17. The highest BCUT2D eigenvalue weighted by Gasteiger charge is 2.35. The summed E-state index contributed by atoms with van der Waals surface area (Å²) in [6, 6.07) is -0.0137. The zero-order valence-corrected chi connectivity index (χ0v) is 14.4. The molecule has 0 spiro atoms. The molecule has 1 aliphatic carbocycles. The highest BCUT2D eigenvalue weighted by Crippen LogP contribution is 2.40. The van der Waals surface area contributed by atoms with Crippen LogP contribution in [0.5, 0.6) is 0 Å². The van der Waals surface area contributed by atoms with Crippen LogP contribution in [0.15, 0.2) is 18.9 Å². The van der Waals surface area contributed by atoms with E-state index < -0.39 is 0 Å². The van der Waals surface area contributed by atoms with Gasteiger partial charge in [-0.2, -0.15) is 0 Å². The second kappa shape index (κ2) is 5.82. The van der Waals surface area contributed by atoms with Crippen molar-refractivity contribution in [2.45, 2.75) is 65.3 Å². The molecule has 1 aromatic heterocycles. The van der Waals surface area contributed by atoms with Crippen LogP contribution in [0.3, 0.4) is 0 Å². The van der Waals surface area contributed by atoms with E-state index in [0.29, 0.717) is 6.42 Å². The highest BCUT2D eigenvalue weighted by atomic mass is 16.1. The Morgan fingerprint density at radius 1 is 1.50 bits per heavy atom. The zero-order chi connectivity index (χ0) is 16.5. The summed E-state index contributed by atoms with van der Waals surface area (Å²) >= 11 is 0. The van der Waals surface area contributed by atoms with Crippen LogP contribution in [0.1, 0.15) is 70.6 Å².